The number of para-hydroxylation sites is 1. The van der Waals surface area contributed by atoms with E-state index in [1.807, 2.05) is 54.6 Å². The third kappa shape index (κ3) is 6.49. The van der Waals surface area contributed by atoms with E-state index >= 15 is 9.59 Å². The summed E-state index contributed by atoms with van der Waals surface area (Å²) < 4.78 is 20.1. The maximum absolute atomic E-state index is 15.3. The number of benzene rings is 3. The van der Waals surface area contributed by atoms with Crippen LogP contribution in [0, 0.1) is 11.8 Å². The summed E-state index contributed by atoms with van der Waals surface area (Å²) in [6, 6.07) is 22.4. The lowest BCUT2D eigenvalue weighted by Gasteiger charge is -2.38. The van der Waals surface area contributed by atoms with Crippen LogP contribution in [-0.2, 0) is 40.1 Å². The van der Waals surface area contributed by atoms with Crippen molar-refractivity contribution in [2.45, 2.75) is 55.4 Å². The van der Waals surface area contributed by atoms with Crippen molar-refractivity contribution >= 4 is 34.7 Å². The summed E-state index contributed by atoms with van der Waals surface area (Å²) in [5.41, 5.74) is 1.02. The third-order valence-corrected chi connectivity index (χ3v) is 11.0. The number of carbonyl (C=O) groups excluding carboxylic acids is 4. The zero-order valence-electron chi connectivity index (χ0n) is 30.2. The van der Waals surface area contributed by atoms with E-state index in [-0.39, 0.29) is 32.1 Å². The van der Waals surface area contributed by atoms with Gasteiger partial charge in [0, 0.05) is 20.1 Å². The molecule has 14 heteroatoms. The first kappa shape index (κ1) is 36.3. The summed E-state index contributed by atoms with van der Waals surface area (Å²) in [5.74, 6) is -4.28. The number of likely N-dealkylation sites (tertiary alicyclic amines) is 1. The van der Waals surface area contributed by atoms with Crippen molar-refractivity contribution in [1.29, 1.82) is 0 Å². The minimum atomic E-state index is -1.56. The van der Waals surface area contributed by atoms with Crippen molar-refractivity contribution in [3.63, 3.8) is 0 Å². The number of nitrogens with zero attached hydrogens (tertiary/aromatic N) is 5. The zero-order chi connectivity index (χ0) is 38.1. The van der Waals surface area contributed by atoms with Gasteiger partial charge in [-0.2, -0.15) is 0 Å². The van der Waals surface area contributed by atoms with E-state index in [9.17, 15) is 14.7 Å². The molecule has 14 nitrogen and oxygen atoms in total. The van der Waals surface area contributed by atoms with Gasteiger partial charge in [0.25, 0.3) is 5.91 Å². The molecule has 55 heavy (non-hydrogen) atoms. The normalized spacial score (nSPS) is 29.3. The van der Waals surface area contributed by atoms with Gasteiger partial charge < -0.3 is 34.4 Å². The van der Waals surface area contributed by atoms with Crippen LogP contribution in [0.15, 0.2) is 109 Å². The molecule has 0 unspecified atom stereocenters. The standard InChI is InChI=1S/C41H42N6O8/c1-53-24-29-36(27-15-7-3-8-16-27)54-40(52)34-32-20-21-41(55-32)35(34)38(50)47(31(23-48)26-13-5-2-6-14-26)37(41)39(51)45(22-12-4-9-19-33(49)42-29)25-46-30-18-11-10-17-28(30)43-44-46/h2-8,10-18,20-21,29,31-32,34-37,48H,9,19,22-25H2,1H3,(H,42,49)/b12-4-/t29-,31+,32+,34-,35-,36-,37+,41-/m0/s1. The number of methoxy groups -OCH3 is 1. The zero-order valence-corrected chi connectivity index (χ0v) is 30.2. The largest absolute Gasteiger partial charge is 0.455 e. The molecule has 1 spiro atoms. The van der Waals surface area contributed by atoms with E-state index in [1.165, 1.54) is 12.0 Å². The van der Waals surface area contributed by atoms with Crippen molar-refractivity contribution in [3.05, 3.63) is 120 Å². The van der Waals surface area contributed by atoms with E-state index in [2.05, 4.69) is 15.6 Å². The Labute approximate surface area is 317 Å². The number of hydrogen-bond donors (Lipinski definition) is 2. The van der Waals surface area contributed by atoms with Crippen LogP contribution in [-0.4, -0.2) is 104 Å². The molecular formula is C41H42N6O8. The molecular weight excluding hydrogens is 704 g/mol. The van der Waals surface area contributed by atoms with E-state index in [4.69, 9.17) is 14.2 Å². The Balaban J connectivity index is 1.25. The predicted octanol–water partition coefficient (Wildman–Crippen LogP) is 2.87. The second-order valence-electron chi connectivity index (χ2n) is 14.2. The molecule has 3 amide bonds. The second-order valence-corrected chi connectivity index (χ2v) is 14.2. The molecule has 0 aliphatic carbocycles. The first-order valence-corrected chi connectivity index (χ1v) is 18.5. The Bertz CT molecular complexity index is 2120. The van der Waals surface area contributed by atoms with E-state index in [0.717, 1.165) is 0 Å². The van der Waals surface area contributed by atoms with Gasteiger partial charge in [-0.1, -0.05) is 102 Å². The maximum Gasteiger partial charge on any atom is 0.313 e. The molecule has 0 radical (unpaired) electrons. The van der Waals surface area contributed by atoms with Crippen LogP contribution >= 0.6 is 0 Å². The van der Waals surface area contributed by atoms with Crippen molar-refractivity contribution in [3.8, 4) is 0 Å². The van der Waals surface area contributed by atoms with Crippen LogP contribution in [0.5, 0.6) is 0 Å². The molecule has 0 saturated carbocycles. The van der Waals surface area contributed by atoms with Gasteiger partial charge >= 0.3 is 5.97 Å². The number of aliphatic hydroxyl groups is 1. The summed E-state index contributed by atoms with van der Waals surface area (Å²) in [4.78, 5) is 61.3. The minimum absolute atomic E-state index is 0.0331. The van der Waals surface area contributed by atoms with Gasteiger partial charge in [-0.15, -0.1) is 5.10 Å². The predicted molar refractivity (Wildman–Crippen MR) is 197 cm³/mol. The van der Waals surface area contributed by atoms with Crippen LogP contribution in [0.1, 0.15) is 36.1 Å². The summed E-state index contributed by atoms with van der Waals surface area (Å²) in [6.07, 6.45) is 5.69. The highest BCUT2D eigenvalue weighted by Crippen LogP contribution is 2.57. The number of carbonyl (C=O) groups is 4. The summed E-state index contributed by atoms with van der Waals surface area (Å²) in [5, 5.41) is 22.6. The average Bonchev–Trinajstić information content (AvgIpc) is 3.96. The van der Waals surface area contributed by atoms with Gasteiger partial charge in [-0.3, -0.25) is 19.2 Å². The van der Waals surface area contributed by atoms with Crippen LogP contribution < -0.4 is 5.32 Å². The Morgan fingerprint density at radius 1 is 0.964 bits per heavy atom. The first-order valence-electron chi connectivity index (χ1n) is 18.5. The van der Waals surface area contributed by atoms with Crippen molar-refractivity contribution in [2.24, 2.45) is 11.8 Å². The average molecular weight is 747 g/mol. The molecule has 2 N–H and O–H groups in total. The van der Waals surface area contributed by atoms with Crippen LogP contribution in [0.2, 0.25) is 0 Å². The van der Waals surface area contributed by atoms with Crippen molar-refractivity contribution < 1.29 is 38.5 Å². The van der Waals surface area contributed by atoms with Gasteiger partial charge in [0.2, 0.25) is 11.8 Å². The Kier molecular flexibility index (Phi) is 10.0. The lowest BCUT2D eigenvalue weighted by atomic mass is 9.74. The van der Waals surface area contributed by atoms with Gasteiger partial charge in [-0.25, -0.2) is 4.68 Å². The Morgan fingerprint density at radius 3 is 2.47 bits per heavy atom. The molecule has 8 rings (SSSR count). The van der Waals surface area contributed by atoms with E-state index in [0.29, 0.717) is 28.6 Å². The van der Waals surface area contributed by atoms with Crippen LogP contribution in [0.3, 0.4) is 0 Å². The van der Waals surface area contributed by atoms with Crippen molar-refractivity contribution in [1.82, 2.24) is 30.1 Å². The van der Waals surface area contributed by atoms with Crippen molar-refractivity contribution in [2.75, 3.05) is 26.9 Å². The quantitative estimate of drug-likeness (QED) is 0.202. The fraction of sp³-hybridized carbons (Fsp3) is 0.366. The summed E-state index contributed by atoms with van der Waals surface area (Å²) >= 11 is 0. The number of aliphatic hydroxyl groups excluding tert-OH is 1. The van der Waals surface area contributed by atoms with Crippen LogP contribution in [0.4, 0.5) is 0 Å². The number of esters is 1. The SMILES string of the molecule is COC[C@@H]1NC(=O)CC/C=C\CN(Cn2nnc3ccccc32)C(=O)[C@H]2N([C@H](CO)c3ccccc3)C(=O)[C@@H]3[C@@H](C(=O)O[C@H]1c1ccccc1)[C@H]1C=C[C@]32O1. The number of hydrogen-bond acceptors (Lipinski definition) is 10. The number of fused-ring (bicyclic) bond motifs is 3. The maximum atomic E-state index is 15.3. The fourth-order valence-electron chi connectivity index (χ4n) is 8.52. The summed E-state index contributed by atoms with van der Waals surface area (Å²) in [7, 11) is 1.50. The highest BCUT2D eigenvalue weighted by atomic mass is 16.6. The number of aromatic nitrogens is 3. The number of nitrogens with one attached hydrogen (secondary N) is 1. The highest BCUT2D eigenvalue weighted by molar-refractivity contribution is 5.99. The Hall–Kier alpha value is -5.70. The second kappa shape index (κ2) is 15.2. The molecule has 5 heterocycles. The number of ether oxygens (including phenoxy) is 3. The lowest BCUT2D eigenvalue weighted by Crippen LogP contribution is -2.57. The van der Waals surface area contributed by atoms with E-state index < -0.39 is 72.2 Å². The molecule has 3 aromatic carbocycles. The van der Waals surface area contributed by atoms with Crippen LogP contribution in [0.25, 0.3) is 11.0 Å². The number of rotatable bonds is 8. The minimum Gasteiger partial charge on any atom is -0.455 e. The molecule has 284 valence electrons. The molecule has 2 saturated heterocycles. The molecule has 1 aromatic heterocycles. The number of allylic oxidation sites excluding steroid dienone is 1. The topological polar surface area (TPSA) is 165 Å². The molecule has 2 fully saturated rings. The number of cyclic esters (lactones) is 1. The van der Waals surface area contributed by atoms with Gasteiger partial charge in [-0.05, 0) is 29.7 Å². The fourth-order valence-corrected chi connectivity index (χ4v) is 8.52. The molecule has 8 atom stereocenters. The molecule has 4 aliphatic rings. The molecule has 4 aliphatic heterocycles. The van der Waals surface area contributed by atoms with Gasteiger partial charge in [0.05, 0.1) is 42.8 Å². The highest BCUT2D eigenvalue weighted by Gasteiger charge is 2.74. The monoisotopic (exact) mass is 746 g/mol. The molecule has 5 bridgehead atoms. The number of amides is 3. The summed E-state index contributed by atoms with van der Waals surface area (Å²) in [6.45, 7) is -0.401. The van der Waals surface area contributed by atoms with Gasteiger partial charge in [0.1, 0.15) is 35.9 Å². The van der Waals surface area contributed by atoms with E-state index in [1.54, 1.807) is 64.2 Å². The van der Waals surface area contributed by atoms with Gasteiger partial charge in [0.15, 0.2) is 0 Å². The molecule has 4 aromatic rings. The smallest absolute Gasteiger partial charge is 0.313 e. The Morgan fingerprint density at radius 2 is 1.71 bits per heavy atom. The third-order valence-electron chi connectivity index (χ3n) is 11.0. The lowest BCUT2D eigenvalue weighted by molar-refractivity contribution is -0.163. The first-order chi connectivity index (χ1) is 26.8.